The number of rotatable bonds is 11. The Hall–Kier alpha value is -3.42. The number of amides is 1. The molecule has 2 aromatic carbocycles. The quantitative estimate of drug-likeness (QED) is 0.254. The Bertz CT molecular complexity index is 958. The molecule has 0 saturated heterocycles. The molecule has 0 aliphatic heterocycles. The summed E-state index contributed by atoms with van der Waals surface area (Å²) in [6.07, 6.45) is 1.66. The summed E-state index contributed by atoms with van der Waals surface area (Å²) in [4.78, 5) is 41.6. The van der Waals surface area contributed by atoms with Crippen molar-refractivity contribution in [3.63, 3.8) is 0 Å². The molecular weight excluding hydrogens is 407 g/mol. The molecule has 1 N–H and O–H groups in total. The van der Waals surface area contributed by atoms with Crippen LogP contribution in [0.3, 0.4) is 0 Å². The Morgan fingerprint density at radius 2 is 1.66 bits per heavy atom. The fourth-order valence-corrected chi connectivity index (χ4v) is 3.21. The predicted octanol–water partition coefficient (Wildman–Crippen LogP) is 2.61. The van der Waals surface area contributed by atoms with Crippen molar-refractivity contribution in [2.45, 2.75) is 38.8 Å². The third-order valence-electron chi connectivity index (χ3n) is 4.82. The number of hydrogen-bond donors (Lipinski definition) is 1. The summed E-state index contributed by atoms with van der Waals surface area (Å²) >= 11 is 0. The number of carbonyl (C=O) groups excluding carboxylic acids is 3. The van der Waals surface area contributed by atoms with Crippen LogP contribution >= 0.6 is 0 Å². The Morgan fingerprint density at radius 1 is 1.03 bits per heavy atom. The van der Waals surface area contributed by atoms with Crippen molar-refractivity contribution in [1.82, 2.24) is 5.32 Å². The summed E-state index contributed by atoms with van der Waals surface area (Å²) in [5, 5.41) is 2.68. The molecule has 0 radical (unpaired) electrons. The van der Waals surface area contributed by atoms with E-state index in [0.717, 1.165) is 11.7 Å². The summed E-state index contributed by atoms with van der Waals surface area (Å²) < 4.78 is 15.5. The van der Waals surface area contributed by atoms with Crippen molar-refractivity contribution in [2.75, 3.05) is 7.11 Å². The van der Waals surface area contributed by atoms with Gasteiger partial charge in [-0.1, -0.05) is 30.3 Å². The molecule has 2 unspecified atom stereocenters. The second-order valence-electron chi connectivity index (χ2n) is 7.76. The normalized spacial score (nSPS) is 12.8. The summed E-state index contributed by atoms with van der Waals surface area (Å²) in [6.45, 7) is 3.87. The van der Waals surface area contributed by atoms with Crippen molar-refractivity contribution in [2.24, 2.45) is 10.9 Å². The number of nitrogens with zero attached hydrogens (tertiary/aromatic N) is 1. The van der Waals surface area contributed by atoms with Crippen LogP contribution in [0.25, 0.3) is 0 Å². The van der Waals surface area contributed by atoms with Gasteiger partial charge in [0.25, 0.3) is 0 Å². The number of hydrogen-bond acceptors (Lipinski definition) is 6. The molecule has 32 heavy (non-hydrogen) atoms. The van der Waals surface area contributed by atoms with Gasteiger partial charge in [-0.2, -0.15) is 0 Å². The zero-order valence-electron chi connectivity index (χ0n) is 18.5. The number of benzene rings is 2. The van der Waals surface area contributed by atoms with Gasteiger partial charge in [-0.15, -0.1) is 0 Å². The molecule has 166 valence electrons. The molecule has 0 saturated carbocycles. The average molecular weight is 434 g/mol. The standard InChI is InChI=1S/C24H27BN2O5/c1-16(2)13-20(26-15-25-31)23(29)27-21(24(30)32-3)14-17-9-11-19(12-10-17)22(28)18-7-5-4-6-8-18/h4-12,15-16,20-21H,13-14H2,1-3H3,(H,27,29). The van der Waals surface area contributed by atoms with Crippen LogP contribution in [0.5, 0.6) is 0 Å². The minimum atomic E-state index is -0.927. The number of ketones is 1. The van der Waals surface area contributed by atoms with E-state index in [1.165, 1.54) is 7.11 Å². The van der Waals surface area contributed by atoms with Gasteiger partial charge in [0.2, 0.25) is 0 Å². The summed E-state index contributed by atoms with van der Waals surface area (Å²) in [7, 11) is 1.76. The molecule has 2 atom stereocenters. The number of esters is 1. The third-order valence-corrected chi connectivity index (χ3v) is 4.82. The van der Waals surface area contributed by atoms with Crippen LogP contribution in [-0.2, 0) is 25.5 Å². The van der Waals surface area contributed by atoms with E-state index < -0.39 is 24.0 Å². The molecule has 0 heterocycles. The van der Waals surface area contributed by atoms with Crippen LogP contribution in [0, 0.1) is 5.92 Å². The van der Waals surface area contributed by atoms with Gasteiger partial charge in [-0.05, 0) is 0 Å². The van der Waals surface area contributed by atoms with Crippen LogP contribution in [0.2, 0.25) is 0 Å². The van der Waals surface area contributed by atoms with Gasteiger partial charge >= 0.3 is 147 Å². The number of nitrogens with one attached hydrogen (secondary N) is 1. The summed E-state index contributed by atoms with van der Waals surface area (Å²) in [5.41, 5.74) is 1.87. The molecule has 7 nitrogen and oxygen atoms in total. The monoisotopic (exact) mass is 434 g/mol. The Kier molecular flexibility index (Phi) is 9.66. The molecule has 0 aliphatic rings. The van der Waals surface area contributed by atoms with E-state index in [1.807, 2.05) is 19.9 Å². The first kappa shape index (κ1) is 24.9. The first-order valence-corrected chi connectivity index (χ1v) is 10.4. The van der Waals surface area contributed by atoms with Crippen molar-refractivity contribution >= 4 is 30.9 Å². The molecule has 0 spiro atoms. The van der Waals surface area contributed by atoms with E-state index >= 15 is 0 Å². The van der Waals surface area contributed by atoms with Crippen molar-refractivity contribution < 1.29 is 23.8 Å². The molecule has 8 heteroatoms. The van der Waals surface area contributed by atoms with E-state index in [9.17, 15) is 19.1 Å². The van der Waals surface area contributed by atoms with Gasteiger partial charge in [0.05, 0.1) is 0 Å². The SMILES string of the molecule is COC(=O)C(Cc1ccc(C(=O)c2ccccc2)cc1)NC(=O)C(CC(C)C)N=CB=O. The van der Waals surface area contributed by atoms with Crippen LogP contribution in [-0.4, -0.2) is 50.1 Å². The first-order chi connectivity index (χ1) is 15.3. The van der Waals surface area contributed by atoms with Gasteiger partial charge in [0.1, 0.15) is 0 Å². The molecule has 2 rings (SSSR count). The fourth-order valence-electron chi connectivity index (χ4n) is 3.21. The number of aliphatic imine (C=N–C) groups is 1. The number of ether oxygens (including phenoxy) is 1. The predicted molar refractivity (Wildman–Crippen MR) is 122 cm³/mol. The molecule has 0 aromatic heterocycles. The van der Waals surface area contributed by atoms with E-state index in [4.69, 9.17) is 4.74 Å². The zero-order chi connectivity index (χ0) is 23.5. The van der Waals surface area contributed by atoms with E-state index in [2.05, 4.69) is 10.3 Å². The maximum atomic E-state index is 12.7. The van der Waals surface area contributed by atoms with Gasteiger partial charge in [0.15, 0.2) is 0 Å². The number of carbonyl (C=O) groups is 3. The Morgan fingerprint density at radius 3 is 2.22 bits per heavy atom. The van der Waals surface area contributed by atoms with Crippen molar-refractivity contribution in [3.05, 3.63) is 71.3 Å². The first-order valence-electron chi connectivity index (χ1n) is 10.4. The third kappa shape index (κ3) is 7.37. The molecule has 0 bridgehead atoms. The second-order valence-corrected chi connectivity index (χ2v) is 7.76. The van der Waals surface area contributed by atoms with Gasteiger partial charge in [-0.25, -0.2) is 0 Å². The van der Waals surface area contributed by atoms with Crippen LogP contribution in [0.15, 0.2) is 59.6 Å². The molecule has 1 amide bonds. The second kappa shape index (κ2) is 12.4. The van der Waals surface area contributed by atoms with Crippen LogP contribution in [0.1, 0.15) is 41.8 Å². The summed E-state index contributed by atoms with van der Waals surface area (Å²) in [5.74, 6) is -0.978. The Balaban J connectivity index is 2.14. The number of methoxy groups -OCH3 is 1. The van der Waals surface area contributed by atoms with Crippen LogP contribution in [0.4, 0.5) is 0 Å². The average Bonchev–Trinajstić information content (AvgIpc) is 2.81. The Labute approximate surface area is 188 Å². The zero-order valence-corrected chi connectivity index (χ0v) is 18.5. The molecule has 0 aliphatic carbocycles. The van der Waals surface area contributed by atoms with Crippen molar-refractivity contribution in [3.8, 4) is 0 Å². The summed E-state index contributed by atoms with van der Waals surface area (Å²) in [6, 6.07) is 14.1. The molecular formula is C24H27BN2O5. The van der Waals surface area contributed by atoms with Gasteiger partial charge in [0, 0.05) is 5.56 Å². The maximum absolute atomic E-state index is 12.7. The minimum absolute atomic E-state index is 0.0977. The fraction of sp³-hybridized carbons (Fsp3) is 0.333. The molecule has 0 fully saturated rings. The van der Waals surface area contributed by atoms with E-state index in [0.29, 0.717) is 24.7 Å². The molecule has 2 aromatic rings. The van der Waals surface area contributed by atoms with Gasteiger partial charge < -0.3 is 0 Å². The van der Waals surface area contributed by atoms with Gasteiger partial charge in [-0.3, -0.25) is 4.79 Å². The van der Waals surface area contributed by atoms with Crippen LogP contribution < -0.4 is 5.32 Å². The van der Waals surface area contributed by atoms with E-state index in [-0.39, 0.29) is 18.1 Å². The topological polar surface area (TPSA) is 102 Å². The van der Waals surface area contributed by atoms with E-state index in [1.54, 1.807) is 48.5 Å². The van der Waals surface area contributed by atoms with Crippen molar-refractivity contribution in [1.29, 1.82) is 0 Å².